The Hall–Kier alpha value is -0.580. The van der Waals surface area contributed by atoms with Crippen molar-refractivity contribution in [3.63, 3.8) is 0 Å². The van der Waals surface area contributed by atoms with Gasteiger partial charge in [0, 0.05) is 16.6 Å². The number of rotatable bonds is 6. The molecule has 1 saturated carbocycles. The Bertz CT molecular complexity index is 405. The van der Waals surface area contributed by atoms with Crippen LogP contribution in [-0.4, -0.2) is 17.8 Å². The van der Waals surface area contributed by atoms with Crippen molar-refractivity contribution in [2.24, 2.45) is 11.7 Å². The molecule has 1 atom stereocenters. The van der Waals surface area contributed by atoms with E-state index in [-0.39, 0.29) is 6.10 Å². The maximum Gasteiger partial charge on any atom is 0.123 e. The lowest BCUT2D eigenvalue weighted by Crippen LogP contribution is -2.21. The van der Waals surface area contributed by atoms with Gasteiger partial charge in [-0.25, -0.2) is 0 Å². The predicted molar refractivity (Wildman–Crippen MR) is 80.1 cm³/mol. The lowest BCUT2D eigenvalue weighted by atomic mass is 10.0. The van der Waals surface area contributed by atoms with Gasteiger partial charge in [-0.15, -0.1) is 0 Å². The van der Waals surface area contributed by atoms with Gasteiger partial charge in [0.1, 0.15) is 12.4 Å². The minimum atomic E-state index is -0.377. The first kappa shape index (κ1) is 14.8. The van der Waals surface area contributed by atoms with Gasteiger partial charge in [-0.3, -0.25) is 0 Å². The van der Waals surface area contributed by atoms with Crippen molar-refractivity contribution < 1.29 is 9.84 Å². The summed E-state index contributed by atoms with van der Waals surface area (Å²) in [7, 11) is 0. The van der Waals surface area contributed by atoms with Gasteiger partial charge in [0.15, 0.2) is 0 Å². The van der Waals surface area contributed by atoms with Crippen LogP contribution in [0.1, 0.15) is 37.7 Å². The fraction of sp³-hybridized carbons (Fsp3) is 0.600. The van der Waals surface area contributed by atoms with Gasteiger partial charge in [-0.1, -0.05) is 41.6 Å². The number of aliphatic hydroxyl groups is 1. The molecule has 1 fully saturated rings. The molecule has 0 aliphatic heterocycles. The predicted octanol–water partition coefficient (Wildman–Crippen LogP) is 3.23. The van der Waals surface area contributed by atoms with E-state index >= 15 is 0 Å². The third-order valence-corrected chi connectivity index (χ3v) is 4.25. The molecule has 0 amide bonds. The van der Waals surface area contributed by atoms with E-state index in [1.54, 1.807) is 0 Å². The molecule has 3 nitrogen and oxygen atoms in total. The van der Waals surface area contributed by atoms with E-state index in [2.05, 4.69) is 15.9 Å². The molecule has 0 bridgehead atoms. The SMILES string of the molecule is NCc1cc(Br)ccc1OCC(O)CC1CCCC1. The second kappa shape index (κ2) is 7.27. The fourth-order valence-corrected chi connectivity index (χ4v) is 3.14. The average molecular weight is 328 g/mol. The van der Waals surface area contributed by atoms with E-state index in [0.717, 1.165) is 22.2 Å². The molecule has 0 radical (unpaired) electrons. The van der Waals surface area contributed by atoms with Crippen LogP contribution in [0.4, 0.5) is 0 Å². The molecule has 1 aliphatic rings. The molecule has 0 aromatic heterocycles. The van der Waals surface area contributed by atoms with Crippen LogP contribution in [0.5, 0.6) is 5.75 Å². The number of hydrogen-bond acceptors (Lipinski definition) is 3. The molecule has 0 heterocycles. The zero-order chi connectivity index (χ0) is 13.7. The van der Waals surface area contributed by atoms with E-state index in [4.69, 9.17) is 10.5 Å². The highest BCUT2D eigenvalue weighted by Crippen LogP contribution is 2.29. The fourth-order valence-electron chi connectivity index (χ4n) is 2.73. The van der Waals surface area contributed by atoms with E-state index < -0.39 is 0 Å². The van der Waals surface area contributed by atoms with Crippen LogP contribution in [0.25, 0.3) is 0 Å². The number of aliphatic hydroxyl groups excluding tert-OH is 1. The topological polar surface area (TPSA) is 55.5 Å². The van der Waals surface area contributed by atoms with Crippen molar-refractivity contribution in [3.05, 3.63) is 28.2 Å². The monoisotopic (exact) mass is 327 g/mol. The van der Waals surface area contributed by atoms with Gasteiger partial charge in [0.05, 0.1) is 6.10 Å². The van der Waals surface area contributed by atoms with Crippen LogP contribution < -0.4 is 10.5 Å². The van der Waals surface area contributed by atoms with Gasteiger partial charge in [0.25, 0.3) is 0 Å². The second-order valence-corrected chi connectivity index (χ2v) is 6.22. The summed E-state index contributed by atoms with van der Waals surface area (Å²) in [5.41, 5.74) is 6.66. The molecule has 0 spiro atoms. The third-order valence-electron chi connectivity index (χ3n) is 3.75. The van der Waals surface area contributed by atoms with Crippen LogP contribution in [-0.2, 0) is 6.54 Å². The number of nitrogens with two attached hydrogens (primary N) is 1. The van der Waals surface area contributed by atoms with E-state index in [0.29, 0.717) is 19.1 Å². The number of hydrogen-bond donors (Lipinski definition) is 2. The Balaban J connectivity index is 1.83. The average Bonchev–Trinajstić information content (AvgIpc) is 2.90. The summed E-state index contributed by atoms with van der Waals surface area (Å²) in [6, 6.07) is 5.78. The molecule has 1 aromatic carbocycles. The Morgan fingerprint density at radius 2 is 2.11 bits per heavy atom. The standard InChI is InChI=1S/C15H22BrNO2/c16-13-5-6-15(12(8-13)9-17)19-10-14(18)7-11-3-1-2-4-11/h5-6,8,11,14,18H,1-4,7,9-10,17H2. The van der Waals surface area contributed by atoms with E-state index in [1.165, 1.54) is 25.7 Å². The maximum absolute atomic E-state index is 10.0. The van der Waals surface area contributed by atoms with Crippen LogP contribution >= 0.6 is 15.9 Å². The first-order valence-corrected chi connectivity index (χ1v) is 7.77. The third kappa shape index (κ3) is 4.48. The second-order valence-electron chi connectivity index (χ2n) is 5.31. The van der Waals surface area contributed by atoms with Crippen molar-refractivity contribution in [2.45, 2.75) is 44.8 Å². The van der Waals surface area contributed by atoms with Gasteiger partial charge in [-0.2, -0.15) is 0 Å². The molecule has 19 heavy (non-hydrogen) atoms. The first-order chi connectivity index (χ1) is 9.19. The summed E-state index contributed by atoms with van der Waals surface area (Å²) in [6.45, 7) is 0.790. The molecule has 4 heteroatoms. The van der Waals surface area contributed by atoms with Gasteiger partial charge < -0.3 is 15.6 Å². The van der Waals surface area contributed by atoms with Crippen LogP contribution in [0.15, 0.2) is 22.7 Å². The molecular formula is C15H22BrNO2. The van der Waals surface area contributed by atoms with Gasteiger partial charge >= 0.3 is 0 Å². The minimum absolute atomic E-state index is 0.352. The maximum atomic E-state index is 10.0. The molecule has 106 valence electrons. The van der Waals surface area contributed by atoms with Crippen LogP contribution in [0, 0.1) is 5.92 Å². The summed E-state index contributed by atoms with van der Waals surface area (Å²) in [5, 5.41) is 10.0. The van der Waals surface area contributed by atoms with Crippen LogP contribution in [0.3, 0.4) is 0 Å². The molecule has 3 N–H and O–H groups in total. The zero-order valence-corrected chi connectivity index (χ0v) is 12.7. The quantitative estimate of drug-likeness (QED) is 0.843. The molecule has 0 saturated heterocycles. The lowest BCUT2D eigenvalue weighted by Gasteiger charge is -2.17. The highest BCUT2D eigenvalue weighted by atomic mass is 79.9. The molecule has 1 aromatic rings. The summed E-state index contributed by atoms with van der Waals surface area (Å²) < 4.78 is 6.70. The van der Waals surface area contributed by atoms with Gasteiger partial charge in [0.2, 0.25) is 0 Å². The van der Waals surface area contributed by atoms with Crippen molar-refractivity contribution in [1.82, 2.24) is 0 Å². The Kier molecular flexibility index (Phi) is 5.67. The number of benzene rings is 1. The summed E-state index contributed by atoms with van der Waals surface area (Å²) in [6.07, 6.45) is 5.60. The number of ether oxygens (including phenoxy) is 1. The number of halogens is 1. The van der Waals surface area contributed by atoms with Crippen LogP contribution in [0.2, 0.25) is 0 Å². The smallest absolute Gasteiger partial charge is 0.123 e. The largest absolute Gasteiger partial charge is 0.491 e. The Morgan fingerprint density at radius 1 is 1.37 bits per heavy atom. The molecule has 2 rings (SSSR count). The summed E-state index contributed by atoms with van der Waals surface area (Å²) in [4.78, 5) is 0. The van der Waals surface area contributed by atoms with Crippen molar-refractivity contribution in [2.75, 3.05) is 6.61 Å². The first-order valence-electron chi connectivity index (χ1n) is 6.98. The highest BCUT2D eigenvalue weighted by molar-refractivity contribution is 9.10. The van der Waals surface area contributed by atoms with E-state index in [9.17, 15) is 5.11 Å². The minimum Gasteiger partial charge on any atom is -0.491 e. The van der Waals surface area contributed by atoms with E-state index in [1.807, 2.05) is 18.2 Å². The van der Waals surface area contributed by atoms with Crippen molar-refractivity contribution in [1.29, 1.82) is 0 Å². The Morgan fingerprint density at radius 3 is 2.79 bits per heavy atom. The molecular weight excluding hydrogens is 306 g/mol. The highest BCUT2D eigenvalue weighted by Gasteiger charge is 2.19. The van der Waals surface area contributed by atoms with Crippen molar-refractivity contribution in [3.8, 4) is 5.75 Å². The Labute approximate surface area is 123 Å². The summed E-state index contributed by atoms with van der Waals surface area (Å²) in [5.74, 6) is 1.45. The zero-order valence-electron chi connectivity index (χ0n) is 11.1. The summed E-state index contributed by atoms with van der Waals surface area (Å²) >= 11 is 3.42. The molecule has 1 unspecified atom stereocenters. The normalized spacial score (nSPS) is 17.6. The van der Waals surface area contributed by atoms with Crippen molar-refractivity contribution >= 4 is 15.9 Å². The molecule has 1 aliphatic carbocycles. The van der Waals surface area contributed by atoms with Gasteiger partial charge in [-0.05, 0) is 30.5 Å². The lowest BCUT2D eigenvalue weighted by molar-refractivity contribution is 0.0851.